The van der Waals surface area contributed by atoms with E-state index in [1.54, 1.807) is 0 Å². The maximum Gasteiger partial charge on any atom is 0.303 e. The first kappa shape index (κ1) is 16.0. The van der Waals surface area contributed by atoms with Gasteiger partial charge in [0.2, 0.25) is 0 Å². The molecule has 0 heterocycles. The third kappa shape index (κ3) is 7.85. The minimum absolute atomic E-state index is 0.143. The number of carboxylic acid groups (broad SMARTS) is 1. The Morgan fingerprint density at radius 3 is 2.26 bits per heavy atom. The maximum atomic E-state index is 10.8. The molecule has 0 unspecified atom stereocenters. The second-order valence-electron chi connectivity index (χ2n) is 5.60. The second-order valence-corrected chi connectivity index (χ2v) is 5.60. The number of hydrogen-bond donors (Lipinski definition) is 1. The van der Waals surface area contributed by atoms with Crippen LogP contribution >= 0.6 is 0 Å². The Bertz CT molecular complexity index is 280. The third-order valence-corrected chi connectivity index (χ3v) is 3.88. The molecule has 0 amide bonds. The molecule has 0 bridgehead atoms. The fraction of sp³-hybridized carbons (Fsp3) is 0.867. The molecule has 0 saturated heterocycles. The smallest absolute Gasteiger partial charge is 0.303 e. The van der Waals surface area contributed by atoms with E-state index in [0.717, 1.165) is 50.9 Å². The zero-order valence-electron chi connectivity index (χ0n) is 11.9. The molecule has 1 rings (SSSR count). The van der Waals surface area contributed by atoms with E-state index in [1.807, 2.05) is 0 Å². The predicted octanol–water partition coefficient (Wildman–Crippen LogP) is 3.53. The predicted molar refractivity (Wildman–Crippen MR) is 72.8 cm³/mol. The van der Waals surface area contributed by atoms with Gasteiger partial charge in [-0.05, 0) is 38.0 Å². The lowest BCUT2D eigenvalue weighted by Crippen LogP contribution is -2.23. The number of rotatable bonds is 8. The van der Waals surface area contributed by atoms with Crippen molar-refractivity contribution in [3.8, 4) is 0 Å². The van der Waals surface area contributed by atoms with Gasteiger partial charge in [-0.15, -0.1) is 0 Å². The summed E-state index contributed by atoms with van der Waals surface area (Å²) in [5.74, 6) is -0.0862. The number of hydrogen-bond acceptors (Lipinski definition) is 3. The minimum Gasteiger partial charge on any atom is -0.481 e. The number of esters is 1. The van der Waals surface area contributed by atoms with Crippen LogP contribution in [0.2, 0.25) is 0 Å². The fourth-order valence-electron chi connectivity index (χ4n) is 2.84. The van der Waals surface area contributed by atoms with E-state index in [4.69, 9.17) is 9.84 Å². The Balaban J connectivity index is 1.97. The molecule has 0 atom stereocenters. The Kier molecular flexibility index (Phi) is 7.53. The van der Waals surface area contributed by atoms with Gasteiger partial charge < -0.3 is 9.84 Å². The van der Waals surface area contributed by atoms with Crippen molar-refractivity contribution in [1.29, 1.82) is 0 Å². The number of carbonyl (C=O) groups is 2. The number of carbonyl (C=O) groups excluding carboxylic acids is 1. The van der Waals surface area contributed by atoms with Gasteiger partial charge in [0.05, 0.1) is 0 Å². The molecule has 0 aromatic rings. The molecule has 0 aliphatic heterocycles. The molecule has 1 N–H and O–H groups in total. The van der Waals surface area contributed by atoms with Crippen molar-refractivity contribution < 1.29 is 19.4 Å². The van der Waals surface area contributed by atoms with Gasteiger partial charge in [-0.1, -0.05) is 25.7 Å². The highest BCUT2D eigenvalue weighted by molar-refractivity contribution is 5.66. The van der Waals surface area contributed by atoms with Crippen LogP contribution in [0.15, 0.2) is 0 Å². The zero-order chi connectivity index (χ0) is 14.1. The molecule has 19 heavy (non-hydrogen) atoms. The van der Waals surface area contributed by atoms with Crippen LogP contribution in [-0.4, -0.2) is 23.1 Å². The molecule has 0 aromatic carbocycles. The molecule has 4 nitrogen and oxygen atoms in total. The molecule has 0 radical (unpaired) electrons. The number of unbranched alkanes of at least 4 members (excludes halogenated alkanes) is 3. The largest absolute Gasteiger partial charge is 0.481 e. The van der Waals surface area contributed by atoms with Crippen molar-refractivity contribution in [1.82, 2.24) is 0 Å². The molecule has 4 heteroatoms. The van der Waals surface area contributed by atoms with Crippen molar-refractivity contribution >= 4 is 11.9 Å². The van der Waals surface area contributed by atoms with Gasteiger partial charge in [0.15, 0.2) is 0 Å². The molecule has 110 valence electrons. The molecule has 1 aliphatic carbocycles. The van der Waals surface area contributed by atoms with Gasteiger partial charge in [0, 0.05) is 13.3 Å². The highest BCUT2D eigenvalue weighted by atomic mass is 16.5. The van der Waals surface area contributed by atoms with Crippen molar-refractivity contribution in [2.75, 3.05) is 0 Å². The lowest BCUT2D eigenvalue weighted by Gasteiger charge is -2.28. The monoisotopic (exact) mass is 270 g/mol. The summed E-state index contributed by atoms with van der Waals surface area (Å²) in [6, 6.07) is 0. The zero-order valence-corrected chi connectivity index (χ0v) is 11.9. The highest BCUT2D eigenvalue weighted by Crippen LogP contribution is 2.30. The van der Waals surface area contributed by atoms with Crippen molar-refractivity contribution in [2.24, 2.45) is 5.92 Å². The fourth-order valence-corrected chi connectivity index (χ4v) is 2.84. The molecular formula is C15H26O4. The summed E-state index contributed by atoms with van der Waals surface area (Å²) >= 11 is 0. The van der Waals surface area contributed by atoms with Crippen molar-refractivity contribution in [3.05, 3.63) is 0 Å². The quantitative estimate of drug-likeness (QED) is 0.541. The average Bonchev–Trinajstić information content (AvgIpc) is 2.34. The normalized spacial score (nSPS) is 23.0. The number of aliphatic carboxylic acids is 1. The maximum absolute atomic E-state index is 10.8. The van der Waals surface area contributed by atoms with E-state index in [2.05, 4.69) is 0 Å². The summed E-state index contributed by atoms with van der Waals surface area (Å²) in [7, 11) is 0. The Morgan fingerprint density at radius 2 is 1.68 bits per heavy atom. The van der Waals surface area contributed by atoms with E-state index < -0.39 is 5.97 Å². The summed E-state index contributed by atoms with van der Waals surface area (Å²) in [5, 5.41) is 8.53. The molecule has 1 aliphatic rings. The van der Waals surface area contributed by atoms with Gasteiger partial charge in [-0.2, -0.15) is 0 Å². The minimum atomic E-state index is -0.691. The van der Waals surface area contributed by atoms with Crippen LogP contribution < -0.4 is 0 Å². The van der Waals surface area contributed by atoms with Crippen LogP contribution in [0, 0.1) is 5.92 Å². The third-order valence-electron chi connectivity index (χ3n) is 3.88. The van der Waals surface area contributed by atoms with Gasteiger partial charge in [0.1, 0.15) is 6.10 Å². The average molecular weight is 270 g/mol. The Hall–Kier alpha value is -1.06. The lowest BCUT2D eigenvalue weighted by molar-refractivity contribution is -0.148. The van der Waals surface area contributed by atoms with Crippen LogP contribution in [0.1, 0.15) is 71.1 Å². The molecule has 0 aromatic heterocycles. The lowest BCUT2D eigenvalue weighted by atomic mass is 9.84. The van der Waals surface area contributed by atoms with Gasteiger partial charge in [-0.25, -0.2) is 0 Å². The number of carboxylic acids is 1. The Labute approximate surface area is 115 Å². The van der Waals surface area contributed by atoms with E-state index >= 15 is 0 Å². The molecule has 0 spiro atoms. The summed E-state index contributed by atoms with van der Waals surface area (Å²) in [4.78, 5) is 21.2. The highest BCUT2D eigenvalue weighted by Gasteiger charge is 2.22. The summed E-state index contributed by atoms with van der Waals surface area (Å²) < 4.78 is 5.22. The van der Waals surface area contributed by atoms with Crippen LogP contribution in [0.4, 0.5) is 0 Å². The second kappa shape index (κ2) is 8.94. The molecule has 1 saturated carbocycles. The first-order chi connectivity index (χ1) is 9.08. The molecule has 1 fully saturated rings. The van der Waals surface area contributed by atoms with Crippen LogP contribution in [0.5, 0.6) is 0 Å². The first-order valence-corrected chi connectivity index (χ1v) is 7.47. The summed E-state index contributed by atoms with van der Waals surface area (Å²) in [5.41, 5.74) is 0. The van der Waals surface area contributed by atoms with Crippen molar-refractivity contribution in [3.63, 3.8) is 0 Å². The van der Waals surface area contributed by atoms with Crippen LogP contribution in [-0.2, 0) is 14.3 Å². The van der Waals surface area contributed by atoms with Crippen LogP contribution in [0.25, 0.3) is 0 Å². The Morgan fingerprint density at radius 1 is 1.05 bits per heavy atom. The van der Waals surface area contributed by atoms with E-state index in [1.165, 1.54) is 19.8 Å². The summed E-state index contributed by atoms with van der Waals surface area (Å²) in [6.45, 7) is 1.48. The number of ether oxygens (including phenoxy) is 1. The van der Waals surface area contributed by atoms with E-state index in [0.29, 0.717) is 6.42 Å². The van der Waals surface area contributed by atoms with E-state index in [-0.39, 0.29) is 12.1 Å². The van der Waals surface area contributed by atoms with E-state index in [9.17, 15) is 9.59 Å². The SMILES string of the molecule is CC(=O)O[C@H]1CC[C@H](CCCCCCC(=O)O)CC1. The first-order valence-electron chi connectivity index (χ1n) is 7.47. The van der Waals surface area contributed by atoms with Gasteiger partial charge in [0.25, 0.3) is 0 Å². The molecular weight excluding hydrogens is 244 g/mol. The standard InChI is InChI=1S/C15H26O4/c1-12(16)19-14-10-8-13(9-11-14)6-4-2-3-5-7-15(17)18/h13-14H,2-11H2,1H3,(H,17,18)/t13-,14-. The topological polar surface area (TPSA) is 63.6 Å². The van der Waals surface area contributed by atoms with Crippen molar-refractivity contribution in [2.45, 2.75) is 77.2 Å². The van der Waals surface area contributed by atoms with Gasteiger partial charge >= 0.3 is 11.9 Å². The van der Waals surface area contributed by atoms with Crippen LogP contribution in [0.3, 0.4) is 0 Å². The summed E-state index contributed by atoms with van der Waals surface area (Å²) in [6.07, 6.45) is 10.2. The van der Waals surface area contributed by atoms with Gasteiger partial charge in [-0.3, -0.25) is 9.59 Å².